The van der Waals surface area contributed by atoms with Crippen LogP contribution in [0.2, 0.25) is 5.02 Å². The van der Waals surface area contributed by atoms with Crippen LogP contribution in [0.4, 0.5) is 10.5 Å². The molecule has 0 aliphatic rings. The third-order valence-electron chi connectivity index (χ3n) is 1.58. The molecular weight excluding hydrogens is 218 g/mol. The first-order chi connectivity index (χ1) is 7.17. The molecule has 2 N–H and O–H groups in total. The first kappa shape index (κ1) is 11.1. The van der Waals surface area contributed by atoms with Gasteiger partial charge in [0.15, 0.2) is 0 Å². The molecule has 0 saturated heterocycles. The van der Waals surface area contributed by atoms with Gasteiger partial charge in [-0.2, -0.15) is 5.26 Å². The van der Waals surface area contributed by atoms with Crippen molar-refractivity contribution in [3.63, 3.8) is 0 Å². The fourth-order valence-corrected chi connectivity index (χ4v) is 1.02. The highest BCUT2D eigenvalue weighted by Crippen LogP contribution is 2.21. The van der Waals surface area contributed by atoms with Crippen molar-refractivity contribution in [1.29, 1.82) is 5.26 Å². The zero-order chi connectivity index (χ0) is 11.3. The Labute approximate surface area is 91.6 Å². The molecular formula is C9H8ClN3O2. The van der Waals surface area contributed by atoms with Gasteiger partial charge in [-0.25, -0.2) is 10.2 Å². The van der Waals surface area contributed by atoms with E-state index in [4.69, 9.17) is 16.9 Å². The highest BCUT2D eigenvalue weighted by Gasteiger charge is 2.03. The van der Waals surface area contributed by atoms with Gasteiger partial charge < -0.3 is 4.74 Å². The van der Waals surface area contributed by atoms with E-state index in [1.807, 2.05) is 6.07 Å². The summed E-state index contributed by atoms with van der Waals surface area (Å²) in [6.45, 7) is 0. The summed E-state index contributed by atoms with van der Waals surface area (Å²) in [7, 11) is 1.24. The molecule has 78 valence electrons. The van der Waals surface area contributed by atoms with Crippen LogP contribution in [0, 0.1) is 11.3 Å². The Kier molecular flexibility index (Phi) is 3.77. The number of hydrogen-bond donors (Lipinski definition) is 2. The molecule has 0 bridgehead atoms. The molecule has 1 aromatic carbocycles. The molecule has 0 atom stereocenters. The number of halogens is 1. The molecule has 0 saturated carbocycles. The SMILES string of the molecule is COC(=O)NNc1cc(C#N)ccc1Cl. The summed E-state index contributed by atoms with van der Waals surface area (Å²) in [5, 5.41) is 9.04. The molecule has 1 aromatic rings. The van der Waals surface area contributed by atoms with Crippen LogP contribution in [0.25, 0.3) is 0 Å². The van der Waals surface area contributed by atoms with Gasteiger partial charge in [0.2, 0.25) is 0 Å². The van der Waals surface area contributed by atoms with Crippen LogP contribution in [-0.4, -0.2) is 13.2 Å². The van der Waals surface area contributed by atoms with Crippen LogP contribution in [0.1, 0.15) is 5.56 Å². The van der Waals surface area contributed by atoms with Crippen LogP contribution in [0.5, 0.6) is 0 Å². The number of amides is 1. The molecule has 5 nitrogen and oxygen atoms in total. The van der Waals surface area contributed by atoms with Gasteiger partial charge in [0.05, 0.1) is 29.5 Å². The quantitative estimate of drug-likeness (QED) is 0.754. The van der Waals surface area contributed by atoms with Crippen LogP contribution in [0.15, 0.2) is 18.2 Å². The Morgan fingerprint density at radius 2 is 2.33 bits per heavy atom. The third kappa shape index (κ3) is 3.04. The minimum atomic E-state index is -0.645. The molecule has 0 fully saturated rings. The number of hydrazine groups is 1. The van der Waals surface area contributed by atoms with Crippen molar-refractivity contribution in [1.82, 2.24) is 5.43 Å². The number of benzene rings is 1. The van der Waals surface area contributed by atoms with E-state index in [0.29, 0.717) is 16.3 Å². The van der Waals surface area contributed by atoms with Gasteiger partial charge in [0.25, 0.3) is 0 Å². The van der Waals surface area contributed by atoms with Gasteiger partial charge >= 0.3 is 6.09 Å². The van der Waals surface area contributed by atoms with Gasteiger partial charge in [-0.3, -0.25) is 5.43 Å². The number of nitrogens with zero attached hydrogens (tertiary/aromatic N) is 1. The fourth-order valence-electron chi connectivity index (χ4n) is 0.860. The normalized spacial score (nSPS) is 8.87. The zero-order valence-electron chi connectivity index (χ0n) is 7.87. The fraction of sp³-hybridized carbons (Fsp3) is 0.111. The highest BCUT2D eigenvalue weighted by molar-refractivity contribution is 6.33. The van der Waals surface area contributed by atoms with Gasteiger partial charge in [-0.15, -0.1) is 0 Å². The Morgan fingerprint density at radius 1 is 1.60 bits per heavy atom. The summed E-state index contributed by atoms with van der Waals surface area (Å²) in [5.41, 5.74) is 5.64. The monoisotopic (exact) mass is 225 g/mol. The van der Waals surface area contributed by atoms with Gasteiger partial charge in [-0.1, -0.05) is 11.6 Å². The van der Waals surface area contributed by atoms with E-state index in [2.05, 4.69) is 15.6 Å². The maximum absolute atomic E-state index is 10.7. The summed E-state index contributed by atoms with van der Waals surface area (Å²) in [4.78, 5) is 10.7. The zero-order valence-corrected chi connectivity index (χ0v) is 8.63. The number of hydrogen-bond acceptors (Lipinski definition) is 4. The van der Waals surface area contributed by atoms with E-state index in [1.54, 1.807) is 12.1 Å². The molecule has 0 spiro atoms. The van der Waals surface area contributed by atoms with Crippen molar-refractivity contribution < 1.29 is 9.53 Å². The van der Waals surface area contributed by atoms with Crippen LogP contribution < -0.4 is 10.9 Å². The van der Waals surface area contributed by atoms with Crippen molar-refractivity contribution >= 4 is 23.4 Å². The van der Waals surface area contributed by atoms with Crippen LogP contribution >= 0.6 is 11.6 Å². The number of ether oxygens (including phenoxy) is 1. The van der Waals surface area contributed by atoms with E-state index >= 15 is 0 Å². The standard InChI is InChI=1S/C9H8ClN3O2/c1-15-9(14)13-12-8-4-6(5-11)2-3-7(8)10/h2-4,12H,1H3,(H,13,14). The van der Waals surface area contributed by atoms with Crippen LogP contribution in [0.3, 0.4) is 0 Å². The number of methoxy groups -OCH3 is 1. The maximum atomic E-state index is 10.7. The predicted octanol–water partition coefficient (Wildman–Crippen LogP) is 1.89. The maximum Gasteiger partial charge on any atom is 0.425 e. The van der Waals surface area contributed by atoms with Gasteiger partial charge in [-0.05, 0) is 18.2 Å². The number of nitriles is 1. The molecule has 0 radical (unpaired) electrons. The second kappa shape index (κ2) is 5.08. The first-order valence-electron chi connectivity index (χ1n) is 3.97. The first-order valence-corrected chi connectivity index (χ1v) is 4.35. The topological polar surface area (TPSA) is 74.2 Å². The van der Waals surface area contributed by atoms with Gasteiger partial charge in [0, 0.05) is 0 Å². The molecule has 0 aliphatic heterocycles. The van der Waals surface area contributed by atoms with Crippen LogP contribution in [-0.2, 0) is 4.74 Å². The number of anilines is 1. The van der Waals surface area contributed by atoms with Crippen molar-refractivity contribution in [2.24, 2.45) is 0 Å². The van der Waals surface area contributed by atoms with Crippen molar-refractivity contribution in [2.75, 3.05) is 12.5 Å². The summed E-state index contributed by atoms with van der Waals surface area (Å²) < 4.78 is 4.35. The third-order valence-corrected chi connectivity index (χ3v) is 1.91. The van der Waals surface area contributed by atoms with Crippen molar-refractivity contribution in [3.8, 4) is 6.07 Å². The van der Waals surface area contributed by atoms with Gasteiger partial charge in [0.1, 0.15) is 0 Å². The highest BCUT2D eigenvalue weighted by atomic mass is 35.5. The Bertz CT molecular complexity index is 414. The lowest BCUT2D eigenvalue weighted by Crippen LogP contribution is -2.29. The van der Waals surface area contributed by atoms with E-state index in [-0.39, 0.29) is 0 Å². The Morgan fingerprint density at radius 3 is 2.93 bits per heavy atom. The summed E-state index contributed by atoms with van der Waals surface area (Å²) in [6, 6.07) is 6.60. The number of carbonyl (C=O) groups excluding carboxylic acids is 1. The lowest BCUT2D eigenvalue weighted by molar-refractivity contribution is 0.173. The Hall–Kier alpha value is -1.93. The molecule has 0 unspecified atom stereocenters. The molecule has 15 heavy (non-hydrogen) atoms. The number of carbonyl (C=O) groups is 1. The summed E-state index contributed by atoms with van der Waals surface area (Å²) in [5.74, 6) is 0. The summed E-state index contributed by atoms with van der Waals surface area (Å²) in [6.07, 6.45) is -0.645. The molecule has 0 heterocycles. The van der Waals surface area contributed by atoms with E-state index < -0.39 is 6.09 Å². The van der Waals surface area contributed by atoms with Crippen molar-refractivity contribution in [3.05, 3.63) is 28.8 Å². The number of nitrogens with one attached hydrogen (secondary N) is 2. The predicted molar refractivity (Wildman–Crippen MR) is 55.3 cm³/mol. The smallest absolute Gasteiger partial charge is 0.425 e. The average molecular weight is 226 g/mol. The molecule has 1 amide bonds. The molecule has 6 heteroatoms. The second-order valence-electron chi connectivity index (χ2n) is 2.55. The minimum Gasteiger partial charge on any atom is -0.452 e. The number of rotatable bonds is 2. The van der Waals surface area contributed by atoms with E-state index in [1.165, 1.54) is 13.2 Å². The van der Waals surface area contributed by atoms with E-state index in [9.17, 15) is 4.79 Å². The second-order valence-corrected chi connectivity index (χ2v) is 2.96. The molecule has 0 aromatic heterocycles. The molecule has 1 rings (SSSR count). The average Bonchev–Trinajstić information content (AvgIpc) is 2.27. The minimum absolute atomic E-state index is 0.394. The summed E-state index contributed by atoms with van der Waals surface area (Å²) >= 11 is 5.82. The lowest BCUT2D eigenvalue weighted by atomic mass is 10.2. The van der Waals surface area contributed by atoms with Crippen molar-refractivity contribution in [2.45, 2.75) is 0 Å². The molecule has 0 aliphatic carbocycles. The largest absolute Gasteiger partial charge is 0.452 e. The lowest BCUT2D eigenvalue weighted by Gasteiger charge is -2.08. The van der Waals surface area contributed by atoms with E-state index in [0.717, 1.165) is 0 Å². The Balaban J connectivity index is 2.76.